The highest BCUT2D eigenvalue weighted by Gasteiger charge is 2.21. The molecule has 0 aliphatic rings. The van der Waals surface area contributed by atoms with E-state index in [1.165, 1.54) is 31.4 Å². The highest BCUT2D eigenvalue weighted by molar-refractivity contribution is 6.32. The number of methoxy groups -OCH3 is 1. The Morgan fingerprint density at radius 1 is 1.00 bits per heavy atom. The van der Waals surface area contributed by atoms with Crippen LogP contribution in [0.2, 0.25) is 5.02 Å². The molecule has 1 atom stereocenters. The number of nitrogens with one attached hydrogen (secondary N) is 2. The summed E-state index contributed by atoms with van der Waals surface area (Å²) in [6.07, 6.45) is 0. The fourth-order valence-electron chi connectivity index (χ4n) is 2.62. The molecule has 0 aromatic heterocycles. The summed E-state index contributed by atoms with van der Waals surface area (Å²) in [6.45, 7) is 0. The number of hydrogen-bond acceptors (Lipinski definition) is 3. The van der Waals surface area contributed by atoms with E-state index < -0.39 is 6.04 Å². The van der Waals surface area contributed by atoms with Crippen LogP contribution in [0.5, 0.6) is 5.75 Å². The lowest BCUT2D eigenvalue weighted by Gasteiger charge is -2.20. The summed E-state index contributed by atoms with van der Waals surface area (Å²) < 4.78 is 18.2. The summed E-state index contributed by atoms with van der Waals surface area (Å²) in [6, 6.07) is 19.5. The van der Waals surface area contributed by atoms with Crippen molar-refractivity contribution >= 4 is 28.9 Å². The van der Waals surface area contributed by atoms with Crippen molar-refractivity contribution in [3.05, 3.63) is 89.2 Å². The second kappa shape index (κ2) is 8.56. The second-order valence-electron chi connectivity index (χ2n) is 5.83. The van der Waals surface area contributed by atoms with Crippen molar-refractivity contribution in [2.24, 2.45) is 0 Å². The maximum absolute atomic E-state index is 13.1. The highest BCUT2D eigenvalue weighted by atomic mass is 35.5. The van der Waals surface area contributed by atoms with Crippen molar-refractivity contribution in [2.75, 3.05) is 17.7 Å². The van der Waals surface area contributed by atoms with Crippen LogP contribution in [-0.4, -0.2) is 13.0 Å². The lowest BCUT2D eigenvalue weighted by Crippen LogP contribution is -2.27. The van der Waals surface area contributed by atoms with E-state index >= 15 is 0 Å². The monoisotopic (exact) mass is 384 g/mol. The number of benzene rings is 3. The molecule has 0 saturated heterocycles. The lowest BCUT2D eigenvalue weighted by molar-refractivity contribution is -0.117. The van der Waals surface area contributed by atoms with Crippen molar-refractivity contribution in [3.8, 4) is 5.75 Å². The first kappa shape index (κ1) is 18.7. The Balaban J connectivity index is 1.86. The standard InChI is InChI=1S/C21H18ClFN2O2/c1-27-19-12-11-17(13-18(19)22)24-20(14-5-3-2-4-6-14)21(26)25-16-9-7-15(23)8-10-16/h2-13,20,24H,1H3,(H,25,26)/t20-/m1/s1. The average molecular weight is 385 g/mol. The minimum atomic E-state index is -0.666. The molecule has 1 amide bonds. The Bertz CT molecular complexity index is 917. The van der Waals surface area contributed by atoms with Crippen LogP contribution in [-0.2, 0) is 4.79 Å². The van der Waals surface area contributed by atoms with Gasteiger partial charge in [0, 0.05) is 11.4 Å². The first-order valence-electron chi connectivity index (χ1n) is 8.28. The van der Waals surface area contributed by atoms with E-state index in [0.717, 1.165) is 5.56 Å². The molecule has 0 saturated carbocycles. The first-order chi connectivity index (χ1) is 13.1. The zero-order chi connectivity index (χ0) is 19.2. The molecular weight excluding hydrogens is 367 g/mol. The van der Waals surface area contributed by atoms with Gasteiger partial charge in [0.2, 0.25) is 0 Å². The number of carbonyl (C=O) groups excluding carboxylic acids is 1. The molecule has 0 aliphatic heterocycles. The fraction of sp³-hybridized carbons (Fsp3) is 0.0952. The van der Waals surface area contributed by atoms with Crippen molar-refractivity contribution in [1.29, 1.82) is 0 Å². The number of carbonyl (C=O) groups is 1. The molecule has 0 unspecified atom stereocenters. The van der Waals surface area contributed by atoms with E-state index in [0.29, 0.717) is 22.1 Å². The number of rotatable bonds is 6. The Hall–Kier alpha value is -3.05. The quantitative estimate of drug-likeness (QED) is 0.608. The Labute approximate surface area is 161 Å². The first-order valence-corrected chi connectivity index (χ1v) is 8.66. The predicted molar refractivity (Wildman–Crippen MR) is 106 cm³/mol. The van der Waals surface area contributed by atoms with Gasteiger partial charge in [-0.2, -0.15) is 0 Å². The zero-order valence-corrected chi connectivity index (χ0v) is 15.3. The summed E-state index contributed by atoms with van der Waals surface area (Å²) in [5, 5.41) is 6.43. The zero-order valence-electron chi connectivity index (χ0n) is 14.6. The van der Waals surface area contributed by atoms with E-state index in [4.69, 9.17) is 16.3 Å². The van der Waals surface area contributed by atoms with Crippen LogP contribution in [0.1, 0.15) is 11.6 Å². The van der Waals surface area contributed by atoms with Gasteiger partial charge in [0.1, 0.15) is 17.6 Å². The third-order valence-corrected chi connectivity index (χ3v) is 4.27. The molecule has 3 aromatic rings. The largest absolute Gasteiger partial charge is 0.495 e. The van der Waals surface area contributed by atoms with Crippen LogP contribution in [0.4, 0.5) is 15.8 Å². The number of amides is 1. The van der Waals surface area contributed by atoms with Gasteiger partial charge in [0.05, 0.1) is 12.1 Å². The van der Waals surface area contributed by atoms with E-state index in [1.807, 2.05) is 30.3 Å². The van der Waals surface area contributed by atoms with Gasteiger partial charge in [-0.15, -0.1) is 0 Å². The van der Waals surface area contributed by atoms with Gasteiger partial charge in [-0.3, -0.25) is 4.79 Å². The van der Waals surface area contributed by atoms with Gasteiger partial charge in [-0.1, -0.05) is 41.9 Å². The van der Waals surface area contributed by atoms with E-state index in [9.17, 15) is 9.18 Å². The summed E-state index contributed by atoms with van der Waals surface area (Å²) in [4.78, 5) is 12.9. The maximum atomic E-state index is 13.1. The van der Waals surface area contributed by atoms with Crippen LogP contribution in [0.25, 0.3) is 0 Å². The molecule has 27 heavy (non-hydrogen) atoms. The van der Waals surface area contributed by atoms with Crippen LogP contribution in [0.3, 0.4) is 0 Å². The molecular formula is C21H18ClFN2O2. The van der Waals surface area contributed by atoms with E-state index in [1.54, 1.807) is 18.2 Å². The molecule has 3 aromatic carbocycles. The van der Waals surface area contributed by atoms with Crippen molar-refractivity contribution < 1.29 is 13.9 Å². The highest BCUT2D eigenvalue weighted by Crippen LogP contribution is 2.29. The minimum Gasteiger partial charge on any atom is -0.495 e. The van der Waals surface area contributed by atoms with Gasteiger partial charge < -0.3 is 15.4 Å². The maximum Gasteiger partial charge on any atom is 0.251 e. The number of anilines is 2. The van der Waals surface area contributed by atoms with E-state index in [2.05, 4.69) is 10.6 Å². The number of halogens is 2. The summed E-state index contributed by atoms with van der Waals surface area (Å²) in [5.41, 5.74) is 1.96. The molecule has 0 aliphatic carbocycles. The van der Waals surface area contributed by atoms with Crippen molar-refractivity contribution in [1.82, 2.24) is 0 Å². The SMILES string of the molecule is COc1ccc(N[C@@H](C(=O)Nc2ccc(F)cc2)c2ccccc2)cc1Cl. The Kier molecular flexibility index (Phi) is 5.94. The average Bonchev–Trinajstić information content (AvgIpc) is 2.68. The number of ether oxygens (including phenoxy) is 1. The second-order valence-corrected chi connectivity index (χ2v) is 6.24. The molecule has 4 nitrogen and oxygen atoms in total. The molecule has 0 heterocycles. The molecule has 0 spiro atoms. The molecule has 6 heteroatoms. The van der Waals surface area contributed by atoms with Gasteiger partial charge in [0.25, 0.3) is 5.91 Å². The molecule has 2 N–H and O–H groups in total. The normalized spacial score (nSPS) is 11.5. The molecule has 138 valence electrons. The molecule has 0 bridgehead atoms. The van der Waals surface area contributed by atoms with Gasteiger partial charge in [0.15, 0.2) is 0 Å². The van der Waals surface area contributed by atoms with E-state index in [-0.39, 0.29) is 11.7 Å². The molecule has 0 radical (unpaired) electrons. The van der Waals surface area contributed by atoms with Gasteiger partial charge >= 0.3 is 0 Å². The van der Waals surface area contributed by atoms with Crippen LogP contribution in [0.15, 0.2) is 72.8 Å². The molecule has 0 fully saturated rings. The lowest BCUT2D eigenvalue weighted by atomic mass is 10.1. The topological polar surface area (TPSA) is 50.4 Å². The molecule has 3 rings (SSSR count). The van der Waals surface area contributed by atoms with Crippen LogP contribution >= 0.6 is 11.6 Å². The summed E-state index contributed by atoms with van der Waals surface area (Å²) in [7, 11) is 1.54. The fourth-order valence-corrected chi connectivity index (χ4v) is 2.87. The third-order valence-electron chi connectivity index (χ3n) is 3.97. The number of hydrogen-bond donors (Lipinski definition) is 2. The van der Waals surface area contributed by atoms with Crippen LogP contribution in [0, 0.1) is 5.82 Å². The van der Waals surface area contributed by atoms with Crippen molar-refractivity contribution in [3.63, 3.8) is 0 Å². The minimum absolute atomic E-state index is 0.278. The summed E-state index contributed by atoms with van der Waals surface area (Å²) in [5.74, 6) is -0.0902. The predicted octanol–water partition coefficient (Wildman–Crippen LogP) is 5.28. The Morgan fingerprint density at radius 3 is 2.30 bits per heavy atom. The third kappa shape index (κ3) is 4.77. The van der Waals surface area contributed by atoms with Gasteiger partial charge in [-0.25, -0.2) is 4.39 Å². The van der Waals surface area contributed by atoms with Crippen molar-refractivity contribution in [2.45, 2.75) is 6.04 Å². The smallest absolute Gasteiger partial charge is 0.251 e. The van der Waals surface area contributed by atoms with Gasteiger partial charge in [-0.05, 0) is 48.0 Å². The summed E-state index contributed by atoms with van der Waals surface area (Å²) >= 11 is 6.18. The van der Waals surface area contributed by atoms with Crippen LogP contribution < -0.4 is 15.4 Å². The Morgan fingerprint density at radius 2 is 1.67 bits per heavy atom.